The lowest BCUT2D eigenvalue weighted by Gasteiger charge is -2.29. The summed E-state index contributed by atoms with van der Waals surface area (Å²) in [6, 6.07) is 10.5. The van der Waals surface area contributed by atoms with Crippen LogP contribution in [0.25, 0.3) is 11.3 Å². The smallest absolute Gasteiger partial charge is 0.287 e. The van der Waals surface area contributed by atoms with Crippen molar-refractivity contribution in [2.75, 3.05) is 0 Å². The van der Waals surface area contributed by atoms with Crippen LogP contribution in [0.3, 0.4) is 0 Å². The number of pyridine rings is 1. The summed E-state index contributed by atoms with van der Waals surface area (Å²) >= 11 is 3.20. The van der Waals surface area contributed by atoms with Crippen molar-refractivity contribution < 1.29 is 9.21 Å². The van der Waals surface area contributed by atoms with Gasteiger partial charge in [0.15, 0.2) is 10.4 Å². The van der Waals surface area contributed by atoms with E-state index in [1.807, 2.05) is 12.1 Å². The molecular formula is C20H19BrN4O3. The highest BCUT2D eigenvalue weighted by Crippen LogP contribution is 2.28. The lowest BCUT2D eigenvalue weighted by Crippen LogP contribution is -2.39. The van der Waals surface area contributed by atoms with Crippen LogP contribution in [0.1, 0.15) is 42.3 Å². The Kier molecular flexibility index (Phi) is 5.38. The van der Waals surface area contributed by atoms with E-state index >= 15 is 0 Å². The zero-order valence-electron chi connectivity index (χ0n) is 15.0. The minimum Gasteiger partial charge on any atom is -0.444 e. The molecule has 1 fully saturated rings. The van der Waals surface area contributed by atoms with Crippen LogP contribution in [0.15, 0.2) is 62.7 Å². The number of nitrogens with one attached hydrogen (secondary N) is 1. The molecule has 0 aromatic carbocycles. The van der Waals surface area contributed by atoms with Gasteiger partial charge in [-0.25, -0.2) is 4.68 Å². The summed E-state index contributed by atoms with van der Waals surface area (Å²) in [7, 11) is 0. The highest BCUT2D eigenvalue weighted by atomic mass is 79.9. The molecule has 1 N–H and O–H groups in total. The Morgan fingerprint density at radius 3 is 2.50 bits per heavy atom. The van der Waals surface area contributed by atoms with Gasteiger partial charge in [0.2, 0.25) is 0 Å². The van der Waals surface area contributed by atoms with Crippen LogP contribution >= 0.6 is 15.9 Å². The Balaban J connectivity index is 1.42. The largest absolute Gasteiger partial charge is 0.444 e. The van der Waals surface area contributed by atoms with E-state index in [0.29, 0.717) is 4.67 Å². The first-order valence-electron chi connectivity index (χ1n) is 9.16. The van der Waals surface area contributed by atoms with E-state index in [4.69, 9.17) is 4.42 Å². The van der Waals surface area contributed by atoms with Gasteiger partial charge in [-0.1, -0.05) is 0 Å². The second-order valence-corrected chi connectivity index (χ2v) is 7.60. The molecule has 3 aromatic rings. The lowest BCUT2D eigenvalue weighted by molar-refractivity contribution is 0.0892. The second-order valence-electron chi connectivity index (χ2n) is 6.82. The number of furan rings is 1. The molecule has 0 atom stereocenters. The number of hydrogen-bond acceptors (Lipinski definition) is 5. The minimum atomic E-state index is -0.218. The molecule has 1 aliphatic rings. The maximum absolute atomic E-state index is 12.4. The predicted octanol–water partition coefficient (Wildman–Crippen LogP) is 3.57. The normalized spacial score (nSPS) is 19.3. The number of carbonyl (C=O) groups is 1. The molecular weight excluding hydrogens is 424 g/mol. The van der Waals surface area contributed by atoms with Crippen molar-refractivity contribution >= 4 is 21.8 Å². The number of nitrogens with zero attached hydrogens (tertiary/aromatic N) is 3. The summed E-state index contributed by atoms with van der Waals surface area (Å²) in [6.45, 7) is 0. The minimum absolute atomic E-state index is 0.0280. The van der Waals surface area contributed by atoms with Gasteiger partial charge in [-0.05, 0) is 71.9 Å². The summed E-state index contributed by atoms with van der Waals surface area (Å²) in [5.41, 5.74) is 1.57. The first-order valence-corrected chi connectivity index (χ1v) is 9.96. The number of halogens is 1. The molecule has 0 aliphatic heterocycles. The van der Waals surface area contributed by atoms with Gasteiger partial charge in [0.25, 0.3) is 11.5 Å². The van der Waals surface area contributed by atoms with Crippen molar-refractivity contribution in [1.82, 2.24) is 20.1 Å². The number of hydrogen-bond donors (Lipinski definition) is 1. The molecule has 0 unspecified atom stereocenters. The third-order valence-corrected chi connectivity index (χ3v) is 5.40. The molecule has 3 aromatic heterocycles. The molecule has 1 saturated carbocycles. The van der Waals surface area contributed by atoms with Gasteiger partial charge in [0.05, 0.1) is 11.7 Å². The van der Waals surface area contributed by atoms with Crippen molar-refractivity contribution in [2.24, 2.45) is 0 Å². The number of carbonyl (C=O) groups excluding carboxylic acids is 1. The zero-order valence-corrected chi connectivity index (χ0v) is 16.6. The van der Waals surface area contributed by atoms with Gasteiger partial charge in [0, 0.05) is 30.1 Å². The Bertz CT molecular complexity index is 1020. The van der Waals surface area contributed by atoms with Gasteiger partial charge in [0.1, 0.15) is 0 Å². The highest BCUT2D eigenvalue weighted by Gasteiger charge is 2.26. The third kappa shape index (κ3) is 4.06. The monoisotopic (exact) mass is 442 g/mol. The molecule has 0 saturated heterocycles. The van der Waals surface area contributed by atoms with Gasteiger partial charge in [-0.2, -0.15) is 5.10 Å². The van der Waals surface area contributed by atoms with Gasteiger partial charge in [-0.15, -0.1) is 0 Å². The maximum Gasteiger partial charge on any atom is 0.287 e. The van der Waals surface area contributed by atoms with E-state index < -0.39 is 0 Å². The molecule has 8 heteroatoms. The molecule has 1 amide bonds. The fourth-order valence-electron chi connectivity index (χ4n) is 3.52. The van der Waals surface area contributed by atoms with Crippen LogP contribution < -0.4 is 10.9 Å². The van der Waals surface area contributed by atoms with E-state index in [1.54, 1.807) is 41.3 Å². The molecule has 144 valence electrons. The number of rotatable bonds is 4. The lowest BCUT2D eigenvalue weighted by atomic mass is 9.91. The summed E-state index contributed by atoms with van der Waals surface area (Å²) in [4.78, 5) is 28.6. The maximum atomic E-state index is 12.4. The second kappa shape index (κ2) is 8.10. The molecule has 7 nitrogen and oxygen atoms in total. The molecule has 1 aliphatic carbocycles. The fraction of sp³-hybridized carbons (Fsp3) is 0.300. The summed E-state index contributed by atoms with van der Waals surface area (Å²) in [5.74, 6) is 0.0704. The van der Waals surface area contributed by atoms with Crippen molar-refractivity contribution in [2.45, 2.75) is 37.8 Å². The van der Waals surface area contributed by atoms with Crippen LogP contribution in [-0.4, -0.2) is 26.7 Å². The van der Waals surface area contributed by atoms with Crippen molar-refractivity contribution in [3.05, 3.63) is 69.6 Å². The Morgan fingerprint density at radius 1 is 1.07 bits per heavy atom. The molecule has 0 spiro atoms. The summed E-state index contributed by atoms with van der Waals surface area (Å²) in [6.07, 6.45) is 6.53. The van der Waals surface area contributed by atoms with Crippen LogP contribution in [0.5, 0.6) is 0 Å². The standard InChI is InChI=1S/C20H19BrN4O3/c21-18-7-6-17(28-18)20(27)23-14-1-3-15(4-2-14)25-19(26)8-5-16(24-25)13-9-11-22-12-10-13/h5-12,14-15H,1-4H2,(H,23,27). The van der Waals surface area contributed by atoms with E-state index in [2.05, 4.69) is 31.3 Å². The van der Waals surface area contributed by atoms with E-state index in [9.17, 15) is 9.59 Å². The Hall–Kier alpha value is -2.74. The van der Waals surface area contributed by atoms with Gasteiger partial charge < -0.3 is 9.73 Å². The van der Waals surface area contributed by atoms with Crippen molar-refractivity contribution in [3.8, 4) is 11.3 Å². The van der Waals surface area contributed by atoms with Crippen LogP contribution in [0.4, 0.5) is 0 Å². The topological polar surface area (TPSA) is 90.0 Å². The number of aromatic nitrogens is 3. The van der Waals surface area contributed by atoms with Crippen LogP contribution in [0, 0.1) is 0 Å². The molecule has 3 heterocycles. The average molecular weight is 443 g/mol. The van der Waals surface area contributed by atoms with Crippen molar-refractivity contribution in [1.29, 1.82) is 0 Å². The quantitative estimate of drug-likeness (QED) is 0.666. The summed E-state index contributed by atoms with van der Waals surface area (Å²) in [5, 5.41) is 7.58. The third-order valence-electron chi connectivity index (χ3n) is 4.98. The van der Waals surface area contributed by atoms with E-state index in [-0.39, 0.29) is 29.3 Å². The first kappa shape index (κ1) is 18.6. The summed E-state index contributed by atoms with van der Waals surface area (Å²) < 4.78 is 7.40. The van der Waals surface area contributed by atoms with Crippen LogP contribution in [0.2, 0.25) is 0 Å². The SMILES string of the molecule is O=C(NC1CCC(n2nc(-c3ccncc3)ccc2=O)CC1)c1ccc(Br)o1. The highest BCUT2D eigenvalue weighted by molar-refractivity contribution is 9.10. The fourth-order valence-corrected chi connectivity index (χ4v) is 3.83. The first-order chi connectivity index (χ1) is 13.6. The molecule has 0 radical (unpaired) electrons. The Labute approximate surface area is 169 Å². The van der Waals surface area contributed by atoms with Gasteiger partial charge >= 0.3 is 0 Å². The number of amides is 1. The Morgan fingerprint density at radius 2 is 1.82 bits per heavy atom. The van der Waals surface area contributed by atoms with Gasteiger partial charge in [-0.3, -0.25) is 14.6 Å². The zero-order chi connectivity index (χ0) is 19.5. The molecule has 0 bridgehead atoms. The average Bonchev–Trinajstić information content (AvgIpc) is 3.16. The molecule has 28 heavy (non-hydrogen) atoms. The van der Waals surface area contributed by atoms with E-state index in [0.717, 1.165) is 36.9 Å². The predicted molar refractivity (Wildman–Crippen MR) is 107 cm³/mol. The van der Waals surface area contributed by atoms with Crippen LogP contribution in [-0.2, 0) is 0 Å². The molecule has 4 rings (SSSR count). The van der Waals surface area contributed by atoms with E-state index in [1.165, 1.54) is 0 Å². The van der Waals surface area contributed by atoms with Crippen molar-refractivity contribution in [3.63, 3.8) is 0 Å².